The van der Waals surface area contributed by atoms with Crippen molar-refractivity contribution in [2.75, 3.05) is 18.1 Å². The Balaban J connectivity index is 1.97. The molecule has 0 aliphatic carbocycles. The van der Waals surface area contributed by atoms with Gasteiger partial charge in [0.2, 0.25) is 0 Å². The van der Waals surface area contributed by atoms with E-state index in [2.05, 4.69) is 82.1 Å². The summed E-state index contributed by atoms with van der Waals surface area (Å²) in [5.74, 6) is 0. The number of carbonyl (C=O) groups is 1. The Hall–Kier alpha value is -1.43. The second kappa shape index (κ2) is 8.84. The second-order valence-corrected chi connectivity index (χ2v) is 15.8. The summed E-state index contributed by atoms with van der Waals surface area (Å²) in [7, 11) is -2.05. The molecule has 0 radical (unpaired) electrons. The van der Waals surface area contributed by atoms with Gasteiger partial charge in [-0.3, -0.25) is 0 Å². The number of rotatable bonds is 9. The van der Waals surface area contributed by atoms with Crippen LogP contribution in [0.25, 0.3) is 0 Å². The molecule has 0 spiro atoms. The van der Waals surface area contributed by atoms with Crippen molar-refractivity contribution >= 4 is 20.3 Å². The van der Waals surface area contributed by atoms with Gasteiger partial charge in [0.15, 0.2) is 14.5 Å². The third kappa shape index (κ3) is 4.55. The van der Waals surface area contributed by atoms with E-state index in [0.29, 0.717) is 13.2 Å². The average molecular weight is 444 g/mol. The number of fused-ring (bicyclic) bond motifs is 3. The summed E-state index contributed by atoms with van der Waals surface area (Å²) in [4.78, 5) is 14.5. The van der Waals surface area contributed by atoms with Crippen LogP contribution in [-0.2, 0) is 19.6 Å². The zero-order valence-corrected chi connectivity index (χ0v) is 21.5. The Labute approximate surface area is 190 Å². The molecule has 0 saturated carbocycles. The van der Waals surface area contributed by atoms with E-state index in [4.69, 9.17) is 9.16 Å². The number of anilines is 1. The molecule has 3 rings (SSSR count). The van der Waals surface area contributed by atoms with Crippen LogP contribution in [0.2, 0.25) is 18.1 Å². The molecule has 2 heterocycles. The predicted octanol–water partition coefficient (Wildman–Crippen LogP) is 6.42. The first-order chi connectivity index (χ1) is 14.5. The third-order valence-corrected chi connectivity index (χ3v) is 11.8. The van der Waals surface area contributed by atoms with Gasteiger partial charge in [-0.15, -0.1) is 0 Å². The van der Waals surface area contributed by atoms with Crippen molar-refractivity contribution in [2.45, 2.75) is 90.3 Å². The molecule has 5 heteroatoms. The summed E-state index contributed by atoms with van der Waals surface area (Å²) < 4.78 is 13.5. The van der Waals surface area contributed by atoms with Gasteiger partial charge in [-0.05, 0) is 37.5 Å². The highest BCUT2D eigenvalue weighted by Gasteiger charge is 2.59. The highest BCUT2D eigenvalue weighted by atomic mass is 28.4. The van der Waals surface area contributed by atoms with Crippen LogP contribution in [0.4, 0.5) is 5.69 Å². The smallest absolute Gasteiger partial charge is 0.193 e. The fourth-order valence-electron chi connectivity index (χ4n) is 4.50. The van der Waals surface area contributed by atoms with Crippen molar-refractivity contribution in [1.29, 1.82) is 0 Å². The number of aldehydes is 1. The molecule has 172 valence electrons. The lowest BCUT2D eigenvalue weighted by Crippen LogP contribution is -2.54. The van der Waals surface area contributed by atoms with E-state index < -0.39 is 19.3 Å². The van der Waals surface area contributed by atoms with Crippen LogP contribution in [0.3, 0.4) is 0 Å². The first-order valence-electron chi connectivity index (χ1n) is 11.8. The number of unbranched alkanes of at least 4 members (excludes halogenated alkanes) is 2. The molecular weight excluding hydrogens is 402 g/mol. The Morgan fingerprint density at radius 1 is 1.26 bits per heavy atom. The van der Waals surface area contributed by atoms with Gasteiger partial charge in [0, 0.05) is 24.2 Å². The Bertz CT molecular complexity index is 815. The molecule has 0 unspecified atom stereocenters. The summed E-state index contributed by atoms with van der Waals surface area (Å²) in [6, 6.07) is 8.51. The van der Waals surface area contributed by atoms with Gasteiger partial charge in [0.05, 0.1) is 12.0 Å². The van der Waals surface area contributed by atoms with Crippen LogP contribution >= 0.6 is 0 Å². The lowest BCUT2D eigenvalue weighted by atomic mass is 9.90. The maximum Gasteiger partial charge on any atom is 0.193 e. The normalized spacial score (nSPS) is 25.5. The molecule has 3 atom stereocenters. The molecule has 2 aliphatic rings. The Morgan fingerprint density at radius 3 is 2.61 bits per heavy atom. The maximum atomic E-state index is 12.2. The molecule has 1 fully saturated rings. The van der Waals surface area contributed by atoms with Crippen molar-refractivity contribution in [3.05, 3.63) is 42.0 Å². The number of hydrogen-bond donors (Lipinski definition) is 0. The molecule has 0 aromatic heterocycles. The monoisotopic (exact) mass is 443 g/mol. The summed E-state index contributed by atoms with van der Waals surface area (Å²) >= 11 is 0. The maximum absolute atomic E-state index is 12.2. The quantitative estimate of drug-likeness (QED) is 0.191. The highest BCUT2D eigenvalue weighted by molar-refractivity contribution is 6.74. The molecule has 1 saturated heterocycles. The number of carbonyl (C=O) groups excluding carboxylic acids is 1. The lowest BCUT2D eigenvalue weighted by Gasteiger charge is -2.44. The van der Waals surface area contributed by atoms with E-state index in [1.165, 1.54) is 5.56 Å². The standard InChI is InChI=1S/C26H41NO3Si/c1-8-9-10-13-16-25(5,20-28)19-27-22-15-12-11-14-21(22)26(17-18-29-23(26)27)30-31(6,7)24(2,3)4/h11-16,20,23H,8-10,17-19H2,1-7H3/b16-13+/t23-,25+,26+/m0/s1. The van der Waals surface area contributed by atoms with Gasteiger partial charge >= 0.3 is 0 Å². The van der Waals surface area contributed by atoms with Crippen molar-refractivity contribution < 1.29 is 14.0 Å². The van der Waals surface area contributed by atoms with E-state index in [-0.39, 0.29) is 11.3 Å². The number of para-hydroxylation sites is 1. The Morgan fingerprint density at radius 2 is 1.97 bits per heavy atom. The molecule has 1 aromatic carbocycles. The Kier molecular flexibility index (Phi) is 6.90. The molecule has 31 heavy (non-hydrogen) atoms. The summed E-state index contributed by atoms with van der Waals surface area (Å²) in [6.07, 6.45) is 9.30. The highest BCUT2D eigenvalue weighted by Crippen LogP contribution is 2.55. The van der Waals surface area contributed by atoms with Gasteiger partial charge in [-0.2, -0.15) is 0 Å². The number of hydrogen-bond acceptors (Lipinski definition) is 4. The molecule has 2 aliphatic heterocycles. The molecule has 0 N–H and O–H groups in total. The van der Waals surface area contributed by atoms with Crippen LogP contribution < -0.4 is 4.90 Å². The van der Waals surface area contributed by atoms with Crippen molar-refractivity contribution in [3.8, 4) is 0 Å². The largest absolute Gasteiger partial charge is 0.403 e. The van der Waals surface area contributed by atoms with Crippen molar-refractivity contribution in [3.63, 3.8) is 0 Å². The van der Waals surface area contributed by atoms with E-state index >= 15 is 0 Å². The number of allylic oxidation sites excluding steroid dienone is 1. The number of nitrogens with zero attached hydrogens (tertiary/aromatic N) is 1. The van der Waals surface area contributed by atoms with Gasteiger partial charge in [0.25, 0.3) is 0 Å². The lowest BCUT2D eigenvalue weighted by molar-refractivity contribution is -0.113. The van der Waals surface area contributed by atoms with Crippen LogP contribution in [0.1, 0.15) is 65.9 Å². The molecular formula is C26H41NO3Si. The minimum atomic E-state index is -2.05. The second-order valence-electron chi connectivity index (χ2n) is 11.0. The summed E-state index contributed by atoms with van der Waals surface area (Å²) in [6.45, 7) is 16.9. The zero-order valence-electron chi connectivity index (χ0n) is 20.5. The number of benzene rings is 1. The first-order valence-corrected chi connectivity index (χ1v) is 14.7. The van der Waals surface area contributed by atoms with E-state index in [1.54, 1.807) is 0 Å². The van der Waals surface area contributed by atoms with E-state index in [0.717, 1.165) is 37.7 Å². The van der Waals surface area contributed by atoms with Crippen LogP contribution in [-0.4, -0.2) is 34.0 Å². The third-order valence-electron chi connectivity index (χ3n) is 7.35. The fraction of sp³-hybridized carbons (Fsp3) is 0.654. The van der Waals surface area contributed by atoms with Crippen LogP contribution in [0.5, 0.6) is 0 Å². The topological polar surface area (TPSA) is 38.8 Å². The molecule has 0 amide bonds. The molecule has 1 aromatic rings. The zero-order chi connectivity index (χ0) is 22.9. The summed E-state index contributed by atoms with van der Waals surface area (Å²) in [5, 5.41) is 0.108. The fourth-order valence-corrected chi connectivity index (χ4v) is 6.03. The van der Waals surface area contributed by atoms with Crippen molar-refractivity contribution in [1.82, 2.24) is 0 Å². The van der Waals surface area contributed by atoms with E-state index in [9.17, 15) is 4.79 Å². The number of ether oxygens (including phenoxy) is 1. The minimum Gasteiger partial charge on any atom is -0.403 e. The van der Waals surface area contributed by atoms with Gasteiger partial charge in [-0.25, -0.2) is 0 Å². The average Bonchev–Trinajstić information content (AvgIpc) is 3.21. The molecule has 4 nitrogen and oxygen atoms in total. The predicted molar refractivity (Wildman–Crippen MR) is 131 cm³/mol. The molecule has 0 bridgehead atoms. The minimum absolute atomic E-state index is 0.108. The van der Waals surface area contributed by atoms with E-state index in [1.807, 2.05) is 6.92 Å². The summed E-state index contributed by atoms with van der Waals surface area (Å²) in [5.41, 5.74) is 1.32. The van der Waals surface area contributed by atoms with Gasteiger partial charge < -0.3 is 18.9 Å². The SMILES string of the molecule is CCCC/C=C/[C@@](C)(C=O)CN1c2ccccc2[C@]2(O[Si](C)(C)C(C)(C)C)CCO[C@H]12. The van der Waals surface area contributed by atoms with Crippen molar-refractivity contribution in [2.24, 2.45) is 5.41 Å². The first kappa shape index (κ1) is 24.2. The van der Waals surface area contributed by atoms with Crippen LogP contribution in [0, 0.1) is 5.41 Å². The van der Waals surface area contributed by atoms with Crippen LogP contribution in [0.15, 0.2) is 36.4 Å². The van der Waals surface area contributed by atoms with Gasteiger partial charge in [0.1, 0.15) is 11.9 Å². The van der Waals surface area contributed by atoms with Gasteiger partial charge in [-0.1, -0.05) is 70.9 Å².